The highest BCUT2D eigenvalue weighted by atomic mass is 16.5. The normalized spacial score (nSPS) is 14.1. The maximum Gasteiger partial charge on any atom is 0.132 e. The number of nitrogens with zero attached hydrogens (tertiary/aromatic N) is 1. The molecule has 0 bridgehead atoms. The number of fused-ring (bicyclic) bond motifs is 18. The Hall–Kier alpha value is -9.18. The fourth-order valence-corrected chi connectivity index (χ4v) is 12.8. The summed E-state index contributed by atoms with van der Waals surface area (Å²) < 4.78 is 13.4. The zero-order valence-electron chi connectivity index (χ0n) is 38.6. The van der Waals surface area contributed by atoms with Crippen LogP contribution in [0.3, 0.4) is 0 Å². The van der Waals surface area contributed by atoms with Crippen molar-refractivity contribution in [3.8, 4) is 67.5 Å². The first kappa shape index (κ1) is 39.8. The number of rotatable bonds is 5. The fraction of sp³-hybridized carbons (Fsp3) is 0.0294. The molecule has 15 rings (SSSR count). The Morgan fingerprint density at radius 1 is 0.239 bits per heavy atom. The van der Waals surface area contributed by atoms with Gasteiger partial charge in [-0.3, -0.25) is 0 Å². The van der Waals surface area contributed by atoms with E-state index < -0.39 is 10.8 Å². The third-order valence-electron chi connectivity index (χ3n) is 15.6. The summed E-state index contributed by atoms with van der Waals surface area (Å²) in [6.45, 7) is 0. The van der Waals surface area contributed by atoms with E-state index in [2.05, 4.69) is 266 Å². The molecule has 2 spiro atoms. The molecule has 0 radical (unpaired) electrons. The molecular formula is C68H43NO2. The zero-order chi connectivity index (χ0) is 46.7. The number of anilines is 3. The molecule has 2 aliphatic heterocycles. The van der Waals surface area contributed by atoms with Crippen LogP contribution in [0.1, 0.15) is 44.5 Å². The molecule has 71 heavy (non-hydrogen) atoms. The first-order valence-electron chi connectivity index (χ1n) is 24.5. The van der Waals surface area contributed by atoms with Crippen molar-refractivity contribution in [3.05, 3.63) is 305 Å². The van der Waals surface area contributed by atoms with E-state index in [-0.39, 0.29) is 0 Å². The summed E-state index contributed by atoms with van der Waals surface area (Å²) in [4.78, 5) is 2.43. The van der Waals surface area contributed by atoms with Crippen molar-refractivity contribution in [2.24, 2.45) is 0 Å². The summed E-state index contributed by atoms with van der Waals surface area (Å²) in [5.74, 6) is 3.56. The van der Waals surface area contributed by atoms with E-state index in [0.717, 1.165) is 73.4 Å². The first-order valence-corrected chi connectivity index (χ1v) is 24.5. The van der Waals surface area contributed by atoms with Gasteiger partial charge in [-0.1, -0.05) is 200 Å². The van der Waals surface area contributed by atoms with Crippen LogP contribution in [0, 0.1) is 0 Å². The number of hydrogen-bond acceptors (Lipinski definition) is 3. The van der Waals surface area contributed by atoms with Crippen molar-refractivity contribution in [2.75, 3.05) is 4.90 Å². The highest BCUT2D eigenvalue weighted by molar-refractivity contribution is 5.97. The number of hydrogen-bond donors (Lipinski definition) is 0. The van der Waals surface area contributed by atoms with E-state index in [4.69, 9.17) is 9.47 Å². The van der Waals surface area contributed by atoms with Crippen molar-refractivity contribution in [1.29, 1.82) is 0 Å². The Morgan fingerprint density at radius 2 is 0.662 bits per heavy atom. The molecule has 0 fully saturated rings. The van der Waals surface area contributed by atoms with Crippen LogP contribution in [0.25, 0.3) is 44.5 Å². The molecule has 11 aromatic carbocycles. The van der Waals surface area contributed by atoms with Gasteiger partial charge >= 0.3 is 0 Å². The minimum absolute atomic E-state index is 0.538. The minimum Gasteiger partial charge on any atom is -0.457 e. The van der Waals surface area contributed by atoms with Crippen molar-refractivity contribution < 1.29 is 9.47 Å². The van der Waals surface area contributed by atoms with Gasteiger partial charge in [-0.2, -0.15) is 0 Å². The molecule has 0 unspecified atom stereocenters. The third-order valence-corrected chi connectivity index (χ3v) is 15.6. The van der Waals surface area contributed by atoms with Crippen LogP contribution in [0.4, 0.5) is 17.1 Å². The van der Waals surface area contributed by atoms with E-state index in [0.29, 0.717) is 0 Å². The lowest BCUT2D eigenvalue weighted by molar-refractivity contribution is 0.436. The molecule has 0 amide bonds. The van der Waals surface area contributed by atoms with Crippen molar-refractivity contribution in [3.63, 3.8) is 0 Å². The molecule has 332 valence electrons. The predicted octanol–water partition coefficient (Wildman–Crippen LogP) is 17.4. The van der Waals surface area contributed by atoms with Gasteiger partial charge in [0.15, 0.2) is 0 Å². The number of benzene rings is 11. The highest BCUT2D eigenvalue weighted by Gasteiger charge is 2.53. The minimum atomic E-state index is -0.596. The average molecular weight is 906 g/mol. The van der Waals surface area contributed by atoms with Crippen LogP contribution in [0.15, 0.2) is 261 Å². The lowest BCUT2D eigenvalue weighted by atomic mass is 9.66. The number of para-hydroxylation sites is 4. The van der Waals surface area contributed by atoms with Gasteiger partial charge in [-0.05, 0) is 127 Å². The maximum atomic E-state index is 6.71. The molecule has 2 aliphatic carbocycles. The van der Waals surface area contributed by atoms with Gasteiger partial charge in [0.1, 0.15) is 23.0 Å². The fourth-order valence-electron chi connectivity index (χ4n) is 12.8. The molecule has 11 aromatic rings. The Bertz CT molecular complexity index is 3870. The largest absolute Gasteiger partial charge is 0.457 e. The first-order chi connectivity index (χ1) is 35.2. The predicted molar refractivity (Wildman–Crippen MR) is 287 cm³/mol. The summed E-state index contributed by atoms with van der Waals surface area (Å²) in [6.07, 6.45) is 0. The van der Waals surface area contributed by atoms with E-state index in [1.807, 2.05) is 0 Å². The van der Waals surface area contributed by atoms with Gasteiger partial charge in [-0.25, -0.2) is 0 Å². The van der Waals surface area contributed by atoms with Gasteiger partial charge in [0.05, 0.1) is 10.8 Å². The van der Waals surface area contributed by atoms with E-state index >= 15 is 0 Å². The molecule has 4 aliphatic rings. The second kappa shape index (κ2) is 15.2. The third kappa shape index (κ3) is 5.49. The van der Waals surface area contributed by atoms with E-state index in [1.165, 1.54) is 55.6 Å². The maximum absolute atomic E-state index is 6.71. The van der Waals surface area contributed by atoms with Crippen LogP contribution in [0.5, 0.6) is 23.0 Å². The van der Waals surface area contributed by atoms with Crippen molar-refractivity contribution >= 4 is 17.1 Å². The van der Waals surface area contributed by atoms with Crippen molar-refractivity contribution in [1.82, 2.24) is 0 Å². The van der Waals surface area contributed by atoms with Gasteiger partial charge in [0, 0.05) is 39.3 Å². The lowest BCUT2D eigenvalue weighted by Gasteiger charge is -2.39. The Balaban J connectivity index is 0.927. The molecule has 2 heterocycles. The highest BCUT2D eigenvalue weighted by Crippen LogP contribution is 2.65. The SMILES string of the molecule is c1ccc(-c2cccc(N(c3ccc(-c4cccc5c4-c4ccccc4C54c5ccccc5Oc5ccccc54)cc3)c3ccc4c(c3)C3(c5ccccc5Oc5ccccc53)c3ccccc3-4)c2)cc1. The molecule has 3 nitrogen and oxygen atoms in total. The summed E-state index contributed by atoms with van der Waals surface area (Å²) in [7, 11) is 0. The molecular weight excluding hydrogens is 863 g/mol. The topological polar surface area (TPSA) is 21.7 Å². The summed E-state index contributed by atoms with van der Waals surface area (Å²) >= 11 is 0. The van der Waals surface area contributed by atoms with Crippen LogP contribution in [-0.4, -0.2) is 0 Å². The van der Waals surface area contributed by atoms with Gasteiger partial charge in [-0.15, -0.1) is 0 Å². The second-order valence-electron chi connectivity index (χ2n) is 19.0. The standard InChI is InChI=1S/C68H43NO2/c1-2-18-44(19-3-1)46-20-16-21-48(42-46)69(49-40-41-52-51-22-4-6-25-54(51)68(61(52)43-49)58-29-10-14-34-64(58)71-65-35-15-11-30-59(65)68)47-38-36-45(37-39-47)50-24-17-31-60-66(50)53-23-5-7-26-55(53)67(60)56-27-8-12-32-62(56)70-63-33-13-9-28-57(63)67/h1-43H. The van der Waals surface area contributed by atoms with E-state index in [1.54, 1.807) is 0 Å². The summed E-state index contributed by atoms with van der Waals surface area (Å²) in [6, 6.07) is 95.1. The van der Waals surface area contributed by atoms with Gasteiger partial charge in [0.25, 0.3) is 0 Å². The summed E-state index contributed by atoms with van der Waals surface area (Å²) in [5, 5.41) is 0. The smallest absolute Gasteiger partial charge is 0.132 e. The van der Waals surface area contributed by atoms with Crippen LogP contribution in [-0.2, 0) is 10.8 Å². The van der Waals surface area contributed by atoms with Gasteiger partial charge in [0.2, 0.25) is 0 Å². The average Bonchev–Trinajstić information content (AvgIpc) is 3.90. The second-order valence-corrected chi connectivity index (χ2v) is 19.0. The van der Waals surface area contributed by atoms with E-state index in [9.17, 15) is 0 Å². The monoisotopic (exact) mass is 905 g/mol. The molecule has 0 aromatic heterocycles. The zero-order valence-corrected chi connectivity index (χ0v) is 38.6. The van der Waals surface area contributed by atoms with Crippen LogP contribution < -0.4 is 14.4 Å². The van der Waals surface area contributed by atoms with Crippen LogP contribution >= 0.6 is 0 Å². The lowest BCUT2D eigenvalue weighted by Crippen LogP contribution is -2.32. The van der Waals surface area contributed by atoms with Gasteiger partial charge < -0.3 is 14.4 Å². The molecule has 0 saturated carbocycles. The summed E-state index contributed by atoms with van der Waals surface area (Å²) in [5.41, 5.74) is 21.4. The molecule has 0 saturated heterocycles. The number of ether oxygens (including phenoxy) is 2. The molecule has 3 heteroatoms. The van der Waals surface area contributed by atoms with Crippen molar-refractivity contribution in [2.45, 2.75) is 10.8 Å². The molecule has 0 atom stereocenters. The Kier molecular flexibility index (Phi) is 8.49. The Morgan fingerprint density at radius 3 is 1.28 bits per heavy atom. The quantitative estimate of drug-likeness (QED) is 0.172. The van der Waals surface area contributed by atoms with Crippen LogP contribution in [0.2, 0.25) is 0 Å². The Labute approximate surface area is 413 Å². The molecule has 0 N–H and O–H groups in total.